The largest absolute Gasteiger partial charge is 0.496 e. The molecular formula is C42H46N8O12. The van der Waals surface area contributed by atoms with Crippen LogP contribution in [0.15, 0.2) is 72.8 Å². The zero-order chi connectivity index (χ0) is 45.2. The van der Waals surface area contributed by atoms with Crippen LogP contribution in [0.1, 0.15) is 55.3 Å². The first kappa shape index (κ1) is 46.5. The summed E-state index contributed by atoms with van der Waals surface area (Å²) in [7, 11) is 4.11. The van der Waals surface area contributed by atoms with Crippen molar-refractivity contribution in [1.82, 2.24) is 21.3 Å². The summed E-state index contributed by atoms with van der Waals surface area (Å²) >= 11 is 0. The molecule has 0 aromatic heterocycles. The molecule has 0 spiro atoms. The maximum atomic E-state index is 13.3. The van der Waals surface area contributed by atoms with Crippen molar-refractivity contribution in [3.05, 3.63) is 95.1 Å². The zero-order valence-electron chi connectivity index (χ0n) is 34.4. The summed E-state index contributed by atoms with van der Waals surface area (Å²) in [5.41, 5.74) is 1.26. The molecule has 0 aliphatic carbocycles. The number of carbonyl (C=O) groups excluding carboxylic acids is 8. The summed E-state index contributed by atoms with van der Waals surface area (Å²) in [6, 6.07) is 17.4. The number of amides is 8. The average Bonchev–Trinajstić information content (AvgIpc) is 3.27. The SMILES string of the molecule is CCNC(=O)c1cc(NC(=O)CNC(=O)c2cc(NC(=O)CNC(=O)c3cc(NC(=O)CNC(=O)c4cc(NC=O)ccc4OC)ccc3OC)ccc2OCC)ccc1OC. The van der Waals surface area contributed by atoms with Gasteiger partial charge in [0.1, 0.15) is 23.0 Å². The topological polar surface area (TPSA) is 270 Å². The third-order valence-corrected chi connectivity index (χ3v) is 8.50. The average molecular weight is 855 g/mol. The van der Waals surface area contributed by atoms with E-state index in [9.17, 15) is 38.4 Å². The molecule has 62 heavy (non-hydrogen) atoms. The van der Waals surface area contributed by atoms with E-state index in [2.05, 4.69) is 42.5 Å². The predicted octanol–water partition coefficient (Wildman–Crippen LogP) is 2.53. The van der Waals surface area contributed by atoms with Crippen LogP contribution in [0.2, 0.25) is 0 Å². The second-order valence-electron chi connectivity index (χ2n) is 12.7. The minimum atomic E-state index is -0.725. The van der Waals surface area contributed by atoms with Gasteiger partial charge in [-0.15, -0.1) is 0 Å². The van der Waals surface area contributed by atoms with E-state index in [0.717, 1.165) is 0 Å². The maximum Gasteiger partial charge on any atom is 0.255 e. The maximum absolute atomic E-state index is 13.3. The van der Waals surface area contributed by atoms with Crippen LogP contribution < -0.4 is 61.5 Å². The number of hydrogen-bond acceptors (Lipinski definition) is 12. The van der Waals surface area contributed by atoms with E-state index in [1.807, 2.05) is 0 Å². The van der Waals surface area contributed by atoms with Crippen LogP contribution in [0.3, 0.4) is 0 Å². The van der Waals surface area contributed by atoms with Crippen molar-refractivity contribution in [2.75, 3.05) is 75.4 Å². The Bertz CT molecular complexity index is 2330. The van der Waals surface area contributed by atoms with Crippen LogP contribution >= 0.6 is 0 Å². The van der Waals surface area contributed by atoms with Gasteiger partial charge in [0, 0.05) is 29.3 Å². The van der Waals surface area contributed by atoms with Gasteiger partial charge in [0.05, 0.1) is 69.8 Å². The molecule has 20 nitrogen and oxygen atoms in total. The summed E-state index contributed by atoms with van der Waals surface area (Å²) in [6.45, 7) is 2.65. The number of benzene rings is 4. The van der Waals surface area contributed by atoms with E-state index in [1.165, 1.54) is 88.1 Å². The first-order chi connectivity index (χ1) is 29.8. The van der Waals surface area contributed by atoms with Gasteiger partial charge >= 0.3 is 0 Å². The monoisotopic (exact) mass is 854 g/mol. The molecule has 0 saturated heterocycles. The van der Waals surface area contributed by atoms with Gasteiger partial charge in [-0.2, -0.15) is 0 Å². The Labute approximate surface area is 355 Å². The van der Waals surface area contributed by atoms with Crippen LogP contribution in [0.5, 0.6) is 23.0 Å². The lowest BCUT2D eigenvalue weighted by Gasteiger charge is -2.14. The highest BCUT2D eigenvalue weighted by Gasteiger charge is 2.20. The molecular weight excluding hydrogens is 809 g/mol. The molecule has 0 heterocycles. The minimum absolute atomic E-state index is 0.00782. The quantitative estimate of drug-likeness (QED) is 0.0562. The number of rotatable bonds is 21. The second-order valence-corrected chi connectivity index (χ2v) is 12.7. The lowest BCUT2D eigenvalue weighted by molar-refractivity contribution is -0.116. The molecule has 0 atom stereocenters. The van der Waals surface area contributed by atoms with E-state index in [-0.39, 0.29) is 63.4 Å². The van der Waals surface area contributed by atoms with Crippen molar-refractivity contribution in [3.8, 4) is 23.0 Å². The van der Waals surface area contributed by atoms with Crippen LogP contribution in [0, 0.1) is 0 Å². The molecule has 4 rings (SSSR count). The van der Waals surface area contributed by atoms with Crippen molar-refractivity contribution in [3.63, 3.8) is 0 Å². The first-order valence-electron chi connectivity index (χ1n) is 18.9. The third-order valence-electron chi connectivity index (χ3n) is 8.50. The minimum Gasteiger partial charge on any atom is -0.496 e. The normalized spacial score (nSPS) is 10.2. The summed E-state index contributed by atoms with van der Waals surface area (Å²) in [4.78, 5) is 101. The highest BCUT2D eigenvalue weighted by atomic mass is 16.5. The first-order valence-corrected chi connectivity index (χ1v) is 18.9. The number of ether oxygens (including phenoxy) is 4. The van der Waals surface area contributed by atoms with Gasteiger partial charge in [-0.3, -0.25) is 38.4 Å². The summed E-state index contributed by atoms with van der Waals surface area (Å²) in [5.74, 6) is -3.50. The molecule has 20 heteroatoms. The van der Waals surface area contributed by atoms with E-state index in [1.54, 1.807) is 19.9 Å². The summed E-state index contributed by atoms with van der Waals surface area (Å²) < 4.78 is 21.3. The lowest BCUT2D eigenvalue weighted by Crippen LogP contribution is -2.34. The van der Waals surface area contributed by atoms with Gasteiger partial charge < -0.3 is 61.5 Å². The highest BCUT2D eigenvalue weighted by molar-refractivity contribution is 6.06. The number of nitrogens with one attached hydrogen (secondary N) is 8. The van der Waals surface area contributed by atoms with E-state index in [0.29, 0.717) is 30.1 Å². The number of methoxy groups -OCH3 is 3. The molecule has 4 aromatic rings. The van der Waals surface area contributed by atoms with Crippen molar-refractivity contribution >= 4 is 70.5 Å². The van der Waals surface area contributed by atoms with Crippen LogP contribution in [0.25, 0.3) is 0 Å². The Hall–Kier alpha value is -8.16. The molecule has 0 unspecified atom stereocenters. The number of hydrogen-bond donors (Lipinski definition) is 8. The van der Waals surface area contributed by atoms with E-state index in [4.69, 9.17) is 18.9 Å². The molecule has 8 amide bonds. The summed E-state index contributed by atoms with van der Waals surface area (Å²) in [5, 5.41) is 20.4. The Morgan fingerprint density at radius 1 is 0.468 bits per heavy atom. The standard InChI is InChI=1S/C42H46N8O12/c1-6-43-39(55)29-17-25(9-13-33(29)60-4)48-38(54)22-46-42(58)31-19-27(11-15-35(31)62-7-2)50-37(53)21-45-41(57)30-18-26(10-14-34(30)61-5)49-36(52)20-44-40(56)28-16-24(47-23-51)8-12-32(28)59-3/h8-19,23H,6-7,20-22H2,1-5H3,(H,43,55)(H,44,56)(H,45,57)(H,46,58)(H,47,51)(H,48,54)(H,49,52)(H,50,53). The highest BCUT2D eigenvalue weighted by Crippen LogP contribution is 2.26. The third kappa shape index (κ3) is 12.9. The smallest absolute Gasteiger partial charge is 0.255 e. The fraction of sp³-hybridized carbons (Fsp3) is 0.238. The molecule has 4 aromatic carbocycles. The Morgan fingerprint density at radius 2 is 0.790 bits per heavy atom. The molecule has 326 valence electrons. The second kappa shape index (κ2) is 22.8. The van der Waals surface area contributed by atoms with Crippen molar-refractivity contribution in [1.29, 1.82) is 0 Å². The van der Waals surface area contributed by atoms with Gasteiger partial charge in [0.2, 0.25) is 24.1 Å². The number of carbonyl (C=O) groups is 8. The fourth-order valence-corrected chi connectivity index (χ4v) is 5.67. The van der Waals surface area contributed by atoms with Gasteiger partial charge in [0.15, 0.2) is 0 Å². The number of anilines is 4. The lowest BCUT2D eigenvalue weighted by atomic mass is 10.1. The molecule has 8 N–H and O–H groups in total. The Morgan fingerprint density at radius 3 is 1.13 bits per heavy atom. The Kier molecular flexibility index (Phi) is 17.1. The van der Waals surface area contributed by atoms with Gasteiger partial charge in [0.25, 0.3) is 23.6 Å². The molecule has 0 saturated carbocycles. The van der Waals surface area contributed by atoms with Gasteiger partial charge in [-0.25, -0.2) is 0 Å². The zero-order valence-corrected chi connectivity index (χ0v) is 34.4. The molecule has 0 radical (unpaired) electrons. The molecule has 0 aliphatic rings. The fourth-order valence-electron chi connectivity index (χ4n) is 5.67. The van der Waals surface area contributed by atoms with Gasteiger partial charge in [-0.05, 0) is 86.6 Å². The van der Waals surface area contributed by atoms with Crippen LogP contribution in [0.4, 0.5) is 22.7 Å². The summed E-state index contributed by atoms with van der Waals surface area (Å²) in [6.07, 6.45) is 0.450. The van der Waals surface area contributed by atoms with E-state index < -0.39 is 55.1 Å². The molecule has 0 bridgehead atoms. The van der Waals surface area contributed by atoms with E-state index >= 15 is 0 Å². The van der Waals surface area contributed by atoms with Crippen LogP contribution in [-0.2, 0) is 19.2 Å². The van der Waals surface area contributed by atoms with Gasteiger partial charge in [-0.1, -0.05) is 0 Å². The molecule has 0 aliphatic heterocycles. The van der Waals surface area contributed by atoms with Crippen molar-refractivity contribution in [2.24, 2.45) is 0 Å². The predicted molar refractivity (Wildman–Crippen MR) is 227 cm³/mol. The van der Waals surface area contributed by atoms with Crippen molar-refractivity contribution < 1.29 is 57.3 Å². The van der Waals surface area contributed by atoms with Crippen LogP contribution in [-0.4, -0.2) is 102 Å². The van der Waals surface area contributed by atoms with Crippen molar-refractivity contribution in [2.45, 2.75) is 13.8 Å². The Balaban J connectivity index is 1.34. The molecule has 0 fully saturated rings.